The molecule has 2 aromatic carbocycles. The van der Waals surface area contributed by atoms with Gasteiger partial charge in [-0.15, -0.1) is 0 Å². The third-order valence-electron chi connectivity index (χ3n) is 5.41. The summed E-state index contributed by atoms with van der Waals surface area (Å²) in [6.07, 6.45) is 1.60. The van der Waals surface area contributed by atoms with E-state index in [4.69, 9.17) is 4.74 Å². The van der Waals surface area contributed by atoms with Crippen LogP contribution >= 0.6 is 15.9 Å². The van der Waals surface area contributed by atoms with Gasteiger partial charge in [-0.3, -0.25) is 4.79 Å². The van der Waals surface area contributed by atoms with Crippen molar-refractivity contribution in [2.24, 2.45) is 0 Å². The molecule has 0 aliphatic carbocycles. The number of nitrogens with zero attached hydrogens (tertiary/aromatic N) is 1. The molecule has 0 saturated carbocycles. The van der Waals surface area contributed by atoms with Gasteiger partial charge in [-0.25, -0.2) is 0 Å². The standard InChI is InChI=1S/C28H34BrNO4/c1-18(2)30-24-9-7-6-8-23(24)27(19-10-12-20(29)13-11-19)25(30)15-14-21(31)16-22(32)17-26(33)34-28(3,4)5/h6-15,18,21-22,31-32H,16-17H2,1-5H3/b15-14+/t21-,22-/m0/s1. The molecule has 0 radical (unpaired) electrons. The zero-order valence-corrected chi connectivity index (χ0v) is 22.0. The van der Waals surface area contributed by atoms with Crippen LogP contribution in [0.15, 0.2) is 59.1 Å². The summed E-state index contributed by atoms with van der Waals surface area (Å²) in [6, 6.07) is 16.7. The summed E-state index contributed by atoms with van der Waals surface area (Å²) in [6.45, 7) is 9.62. The molecule has 3 rings (SSSR count). The third kappa shape index (κ3) is 6.59. The number of aromatic nitrogens is 1. The minimum absolute atomic E-state index is 0.0469. The minimum Gasteiger partial charge on any atom is -0.460 e. The molecule has 0 aliphatic rings. The summed E-state index contributed by atoms with van der Waals surface area (Å²) in [5.41, 5.74) is 3.67. The quantitative estimate of drug-likeness (QED) is 0.327. The van der Waals surface area contributed by atoms with Gasteiger partial charge in [0.25, 0.3) is 0 Å². The third-order valence-corrected chi connectivity index (χ3v) is 5.94. The Balaban J connectivity index is 1.91. The van der Waals surface area contributed by atoms with E-state index in [-0.39, 0.29) is 18.9 Å². The number of rotatable bonds is 8. The average molecular weight is 528 g/mol. The van der Waals surface area contributed by atoms with Crippen molar-refractivity contribution in [1.29, 1.82) is 0 Å². The molecule has 6 heteroatoms. The average Bonchev–Trinajstić information content (AvgIpc) is 3.05. The van der Waals surface area contributed by atoms with Crippen molar-refractivity contribution < 1.29 is 19.7 Å². The summed E-state index contributed by atoms with van der Waals surface area (Å²) in [5, 5.41) is 22.0. The number of hydrogen-bond donors (Lipinski definition) is 2. The Morgan fingerprint density at radius 2 is 1.74 bits per heavy atom. The van der Waals surface area contributed by atoms with Crippen LogP contribution in [-0.2, 0) is 9.53 Å². The molecule has 182 valence electrons. The van der Waals surface area contributed by atoms with Gasteiger partial charge >= 0.3 is 5.97 Å². The second kappa shape index (κ2) is 10.9. The Morgan fingerprint density at radius 3 is 2.35 bits per heavy atom. The van der Waals surface area contributed by atoms with Crippen molar-refractivity contribution in [1.82, 2.24) is 4.57 Å². The Labute approximate surface area is 210 Å². The molecule has 0 spiro atoms. The van der Waals surface area contributed by atoms with Crippen LogP contribution in [0.25, 0.3) is 28.1 Å². The SMILES string of the molecule is CC(C)n1c(/C=C/[C@H](O)C[C@H](O)CC(=O)OC(C)(C)C)c(-c2ccc(Br)cc2)c2ccccc21. The summed E-state index contributed by atoms with van der Waals surface area (Å²) in [4.78, 5) is 12.0. The van der Waals surface area contributed by atoms with Crippen molar-refractivity contribution in [3.63, 3.8) is 0 Å². The number of hydrogen-bond acceptors (Lipinski definition) is 4. The fourth-order valence-electron chi connectivity index (χ4n) is 4.14. The lowest BCUT2D eigenvalue weighted by atomic mass is 10.0. The van der Waals surface area contributed by atoms with Crippen LogP contribution in [0.4, 0.5) is 0 Å². The predicted octanol–water partition coefficient (Wildman–Crippen LogP) is 6.51. The van der Waals surface area contributed by atoms with Crippen LogP contribution in [0.1, 0.15) is 59.2 Å². The van der Waals surface area contributed by atoms with E-state index in [9.17, 15) is 15.0 Å². The van der Waals surface area contributed by atoms with E-state index in [2.05, 4.69) is 58.6 Å². The van der Waals surface area contributed by atoms with Gasteiger partial charge in [0.15, 0.2) is 0 Å². The van der Waals surface area contributed by atoms with E-state index >= 15 is 0 Å². The summed E-state index contributed by atoms with van der Waals surface area (Å²) >= 11 is 3.51. The molecular weight excluding hydrogens is 494 g/mol. The Bertz CT molecular complexity index is 1160. The van der Waals surface area contributed by atoms with E-state index in [1.54, 1.807) is 26.8 Å². The van der Waals surface area contributed by atoms with Crippen LogP contribution in [0.2, 0.25) is 0 Å². The molecule has 0 bridgehead atoms. The number of fused-ring (bicyclic) bond motifs is 1. The summed E-state index contributed by atoms with van der Waals surface area (Å²) < 4.78 is 8.53. The minimum atomic E-state index is -0.989. The highest BCUT2D eigenvalue weighted by Crippen LogP contribution is 2.38. The first-order valence-electron chi connectivity index (χ1n) is 11.6. The molecule has 2 atom stereocenters. The lowest BCUT2D eigenvalue weighted by Gasteiger charge is -2.21. The van der Waals surface area contributed by atoms with Gasteiger partial charge in [0.2, 0.25) is 0 Å². The Kier molecular flexibility index (Phi) is 8.39. The maximum absolute atomic E-state index is 12.0. The van der Waals surface area contributed by atoms with E-state index in [1.807, 2.05) is 30.3 Å². The maximum Gasteiger partial charge on any atom is 0.308 e. The molecule has 0 amide bonds. The van der Waals surface area contributed by atoms with Crippen molar-refractivity contribution in [2.45, 2.75) is 71.3 Å². The molecule has 1 aromatic heterocycles. The molecular formula is C28H34BrNO4. The van der Waals surface area contributed by atoms with Gasteiger partial charge in [-0.2, -0.15) is 0 Å². The monoisotopic (exact) mass is 527 g/mol. The van der Waals surface area contributed by atoms with Gasteiger partial charge in [0.05, 0.1) is 18.6 Å². The van der Waals surface area contributed by atoms with Gasteiger partial charge in [-0.1, -0.05) is 52.3 Å². The van der Waals surface area contributed by atoms with Crippen molar-refractivity contribution in [3.8, 4) is 11.1 Å². The number of carbonyl (C=O) groups excluding carboxylic acids is 1. The van der Waals surface area contributed by atoms with Gasteiger partial charge in [0.1, 0.15) is 5.60 Å². The lowest BCUT2D eigenvalue weighted by molar-refractivity contribution is -0.157. The van der Waals surface area contributed by atoms with Crippen LogP contribution in [0.5, 0.6) is 0 Å². The Hall–Kier alpha value is -2.41. The second-order valence-electron chi connectivity index (χ2n) is 9.85. The van der Waals surface area contributed by atoms with E-state index < -0.39 is 23.8 Å². The summed E-state index contributed by atoms with van der Waals surface area (Å²) in [5.74, 6) is -0.478. The smallest absolute Gasteiger partial charge is 0.308 e. The summed E-state index contributed by atoms with van der Waals surface area (Å²) in [7, 11) is 0. The molecule has 0 aliphatic heterocycles. The van der Waals surface area contributed by atoms with Crippen LogP contribution in [0, 0.1) is 0 Å². The molecule has 1 heterocycles. The van der Waals surface area contributed by atoms with Crippen molar-refractivity contribution in [3.05, 3.63) is 64.8 Å². The van der Waals surface area contributed by atoms with Crippen LogP contribution in [-0.4, -0.2) is 38.6 Å². The highest BCUT2D eigenvalue weighted by Gasteiger charge is 2.22. The predicted molar refractivity (Wildman–Crippen MR) is 142 cm³/mol. The molecule has 3 aromatic rings. The number of carbonyl (C=O) groups is 1. The van der Waals surface area contributed by atoms with E-state index in [0.29, 0.717) is 0 Å². The lowest BCUT2D eigenvalue weighted by Crippen LogP contribution is -2.27. The van der Waals surface area contributed by atoms with Crippen LogP contribution < -0.4 is 0 Å². The molecule has 5 nitrogen and oxygen atoms in total. The fraction of sp³-hybridized carbons (Fsp3) is 0.393. The first kappa shape index (κ1) is 26.2. The number of aliphatic hydroxyl groups excluding tert-OH is 2. The zero-order chi connectivity index (χ0) is 25.0. The molecule has 0 fully saturated rings. The largest absolute Gasteiger partial charge is 0.460 e. The molecule has 0 saturated heterocycles. The van der Waals surface area contributed by atoms with E-state index in [1.165, 1.54) is 0 Å². The normalized spacial score (nSPS) is 14.1. The van der Waals surface area contributed by atoms with Crippen LogP contribution in [0.3, 0.4) is 0 Å². The zero-order valence-electron chi connectivity index (χ0n) is 20.5. The molecule has 0 unspecified atom stereocenters. The molecule has 34 heavy (non-hydrogen) atoms. The van der Waals surface area contributed by atoms with Gasteiger partial charge < -0.3 is 19.5 Å². The van der Waals surface area contributed by atoms with Crippen molar-refractivity contribution in [2.75, 3.05) is 0 Å². The molecule has 2 N–H and O–H groups in total. The highest BCUT2D eigenvalue weighted by molar-refractivity contribution is 9.10. The van der Waals surface area contributed by atoms with E-state index in [0.717, 1.165) is 32.2 Å². The number of aliphatic hydroxyl groups is 2. The second-order valence-corrected chi connectivity index (χ2v) is 10.8. The number of benzene rings is 2. The number of ether oxygens (including phenoxy) is 1. The van der Waals surface area contributed by atoms with Gasteiger partial charge in [0, 0.05) is 39.1 Å². The number of esters is 1. The first-order valence-corrected chi connectivity index (χ1v) is 12.4. The number of para-hydroxylation sites is 1. The fourth-order valence-corrected chi connectivity index (χ4v) is 4.41. The number of halogens is 1. The van der Waals surface area contributed by atoms with Gasteiger partial charge in [-0.05, 0) is 64.5 Å². The topological polar surface area (TPSA) is 71.7 Å². The first-order chi connectivity index (χ1) is 16.0. The van der Waals surface area contributed by atoms with Crippen molar-refractivity contribution >= 4 is 38.9 Å². The highest BCUT2D eigenvalue weighted by atomic mass is 79.9. The maximum atomic E-state index is 12.0. The Morgan fingerprint density at radius 1 is 1.09 bits per heavy atom.